The lowest BCUT2D eigenvalue weighted by molar-refractivity contribution is 0.244. The normalized spacial score (nSPS) is 19.9. The van der Waals surface area contributed by atoms with Gasteiger partial charge in [-0.3, -0.25) is 4.90 Å². The summed E-state index contributed by atoms with van der Waals surface area (Å²) in [5.41, 5.74) is 2.39. The third-order valence-electron chi connectivity index (χ3n) is 3.84. The fraction of sp³-hybridized carbons (Fsp3) is 0.600. The van der Waals surface area contributed by atoms with Crippen LogP contribution in [0.2, 0.25) is 0 Å². The largest absolute Gasteiger partial charge is 0.392 e. The van der Waals surface area contributed by atoms with Crippen LogP contribution >= 0.6 is 0 Å². The topological polar surface area (TPSA) is 23.5 Å². The van der Waals surface area contributed by atoms with Crippen molar-refractivity contribution < 1.29 is 5.11 Å². The summed E-state index contributed by atoms with van der Waals surface area (Å²) in [7, 11) is 0. The lowest BCUT2D eigenvalue weighted by atomic mass is 10.1. The van der Waals surface area contributed by atoms with Crippen LogP contribution in [0.1, 0.15) is 36.8 Å². The van der Waals surface area contributed by atoms with Crippen molar-refractivity contribution in [3.63, 3.8) is 0 Å². The van der Waals surface area contributed by atoms with Crippen LogP contribution < -0.4 is 0 Å². The highest BCUT2D eigenvalue weighted by atomic mass is 16.3. The summed E-state index contributed by atoms with van der Waals surface area (Å²) in [6.45, 7) is 2.54. The summed E-state index contributed by atoms with van der Waals surface area (Å²) >= 11 is 0. The molecule has 0 aromatic heterocycles. The van der Waals surface area contributed by atoms with Gasteiger partial charge in [0.1, 0.15) is 0 Å². The maximum atomic E-state index is 9.03. The summed E-state index contributed by atoms with van der Waals surface area (Å²) in [6, 6.07) is 9.25. The maximum Gasteiger partial charge on any atom is 0.0681 e. The SMILES string of the molecule is OCc1ccc(CN(CC2CC2)C2CC2)cc1. The van der Waals surface area contributed by atoms with E-state index < -0.39 is 0 Å². The molecule has 1 aromatic carbocycles. The minimum Gasteiger partial charge on any atom is -0.392 e. The number of hydrogen-bond acceptors (Lipinski definition) is 2. The van der Waals surface area contributed by atoms with Gasteiger partial charge in [0.25, 0.3) is 0 Å². The van der Waals surface area contributed by atoms with Crippen molar-refractivity contribution in [1.29, 1.82) is 0 Å². The second kappa shape index (κ2) is 4.79. The fourth-order valence-corrected chi connectivity index (χ4v) is 2.40. The van der Waals surface area contributed by atoms with Crippen molar-refractivity contribution in [3.05, 3.63) is 35.4 Å². The number of nitrogens with zero attached hydrogens (tertiary/aromatic N) is 1. The van der Waals surface area contributed by atoms with Crippen LogP contribution in [0.5, 0.6) is 0 Å². The molecule has 2 aliphatic rings. The molecule has 0 spiro atoms. The molecule has 0 atom stereocenters. The smallest absolute Gasteiger partial charge is 0.0681 e. The van der Waals surface area contributed by atoms with Gasteiger partial charge in [-0.05, 0) is 42.7 Å². The number of hydrogen-bond donors (Lipinski definition) is 1. The lowest BCUT2D eigenvalue weighted by Crippen LogP contribution is -2.27. The first-order chi connectivity index (χ1) is 8.35. The van der Waals surface area contributed by atoms with E-state index in [2.05, 4.69) is 17.0 Å². The molecule has 0 amide bonds. The Bertz CT molecular complexity index is 365. The van der Waals surface area contributed by atoms with E-state index in [0.29, 0.717) is 0 Å². The molecular weight excluding hydrogens is 210 g/mol. The highest BCUT2D eigenvalue weighted by Crippen LogP contribution is 2.35. The van der Waals surface area contributed by atoms with Gasteiger partial charge in [0.2, 0.25) is 0 Å². The highest BCUT2D eigenvalue weighted by molar-refractivity contribution is 5.22. The summed E-state index contributed by atoms with van der Waals surface area (Å²) in [5.74, 6) is 0.979. The van der Waals surface area contributed by atoms with Gasteiger partial charge in [-0.2, -0.15) is 0 Å². The van der Waals surface area contributed by atoms with E-state index in [1.807, 2.05) is 12.1 Å². The van der Waals surface area contributed by atoms with Gasteiger partial charge < -0.3 is 5.11 Å². The van der Waals surface area contributed by atoms with E-state index in [9.17, 15) is 0 Å². The van der Waals surface area contributed by atoms with E-state index in [4.69, 9.17) is 5.11 Å². The molecule has 0 bridgehead atoms. The third kappa shape index (κ3) is 3.08. The average Bonchev–Trinajstić information content (AvgIpc) is 3.22. The number of aliphatic hydroxyl groups excluding tert-OH is 1. The van der Waals surface area contributed by atoms with E-state index >= 15 is 0 Å². The molecule has 2 aliphatic carbocycles. The minimum absolute atomic E-state index is 0.148. The van der Waals surface area contributed by atoms with Gasteiger partial charge in [-0.1, -0.05) is 24.3 Å². The van der Waals surface area contributed by atoms with Crippen LogP contribution in [-0.4, -0.2) is 22.6 Å². The molecule has 1 N–H and O–H groups in total. The molecular formula is C15H21NO. The standard InChI is InChI=1S/C15H21NO/c17-11-14-5-3-13(4-6-14)10-16(15-7-8-15)9-12-1-2-12/h3-6,12,15,17H,1-2,7-11H2. The molecule has 3 rings (SSSR count). The van der Waals surface area contributed by atoms with Gasteiger partial charge in [-0.25, -0.2) is 0 Å². The zero-order chi connectivity index (χ0) is 11.7. The third-order valence-corrected chi connectivity index (χ3v) is 3.84. The van der Waals surface area contributed by atoms with E-state index in [1.165, 1.54) is 37.8 Å². The number of aliphatic hydroxyl groups is 1. The lowest BCUT2D eigenvalue weighted by Gasteiger charge is -2.22. The highest BCUT2D eigenvalue weighted by Gasteiger charge is 2.33. The average molecular weight is 231 g/mol. The number of benzene rings is 1. The predicted molar refractivity (Wildman–Crippen MR) is 68.5 cm³/mol. The second-order valence-electron chi connectivity index (χ2n) is 5.58. The van der Waals surface area contributed by atoms with Crippen molar-refractivity contribution in [2.45, 2.75) is 44.9 Å². The van der Waals surface area contributed by atoms with Crippen LogP contribution in [-0.2, 0) is 13.2 Å². The minimum atomic E-state index is 0.148. The molecule has 2 heteroatoms. The number of rotatable bonds is 6. The van der Waals surface area contributed by atoms with Crippen molar-refractivity contribution in [2.75, 3.05) is 6.54 Å². The Morgan fingerprint density at radius 2 is 1.65 bits per heavy atom. The molecule has 2 fully saturated rings. The molecule has 0 saturated heterocycles. The molecule has 2 saturated carbocycles. The first-order valence-corrected chi connectivity index (χ1v) is 6.78. The van der Waals surface area contributed by atoms with Crippen LogP contribution in [0.3, 0.4) is 0 Å². The predicted octanol–water partition coefficient (Wildman–Crippen LogP) is 2.55. The molecule has 0 unspecified atom stereocenters. The quantitative estimate of drug-likeness (QED) is 0.813. The monoisotopic (exact) mass is 231 g/mol. The Labute approximate surface area is 103 Å². The summed E-state index contributed by atoms with van der Waals surface area (Å²) in [5, 5.41) is 9.03. The first-order valence-electron chi connectivity index (χ1n) is 6.78. The Kier molecular flexibility index (Phi) is 3.17. The second-order valence-corrected chi connectivity index (χ2v) is 5.58. The van der Waals surface area contributed by atoms with Crippen LogP contribution in [0, 0.1) is 5.92 Å². The van der Waals surface area contributed by atoms with E-state index in [1.54, 1.807) is 0 Å². The molecule has 92 valence electrons. The van der Waals surface area contributed by atoms with Crippen LogP contribution in [0.15, 0.2) is 24.3 Å². The maximum absolute atomic E-state index is 9.03. The van der Waals surface area contributed by atoms with Crippen molar-refractivity contribution in [1.82, 2.24) is 4.90 Å². The molecule has 17 heavy (non-hydrogen) atoms. The zero-order valence-electron chi connectivity index (χ0n) is 10.3. The molecule has 0 aliphatic heterocycles. The Morgan fingerprint density at radius 1 is 1.00 bits per heavy atom. The van der Waals surface area contributed by atoms with Crippen LogP contribution in [0.4, 0.5) is 0 Å². The van der Waals surface area contributed by atoms with E-state index in [-0.39, 0.29) is 6.61 Å². The van der Waals surface area contributed by atoms with Gasteiger partial charge in [-0.15, -0.1) is 0 Å². The Morgan fingerprint density at radius 3 is 2.18 bits per heavy atom. The fourth-order valence-electron chi connectivity index (χ4n) is 2.40. The van der Waals surface area contributed by atoms with Gasteiger partial charge >= 0.3 is 0 Å². The Balaban J connectivity index is 1.61. The van der Waals surface area contributed by atoms with Gasteiger partial charge in [0.15, 0.2) is 0 Å². The molecule has 1 aromatic rings. The van der Waals surface area contributed by atoms with Crippen LogP contribution in [0.25, 0.3) is 0 Å². The molecule has 0 radical (unpaired) electrons. The summed E-state index contributed by atoms with van der Waals surface area (Å²) in [4.78, 5) is 2.66. The van der Waals surface area contributed by atoms with Gasteiger partial charge in [0.05, 0.1) is 6.61 Å². The zero-order valence-corrected chi connectivity index (χ0v) is 10.3. The Hall–Kier alpha value is -0.860. The first kappa shape index (κ1) is 11.2. The molecule has 0 heterocycles. The summed E-state index contributed by atoms with van der Waals surface area (Å²) < 4.78 is 0. The van der Waals surface area contributed by atoms with E-state index in [0.717, 1.165) is 24.1 Å². The van der Waals surface area contributed by atoms with Crippen molar-refractivity contribution >= 4 is 0 Å². The van der Waals surface area contributed by atoms with Crippen molar-refractivity contribution in [2.24, 2.45) is 5.92 Å². The van der Waals surface area contributed by atoms with Crippen molar-refractivity contribution in [3.8, 4) is 0 Å². The summed E-state index contributed by atoms with van der Waals surface area (Å²) in [6.07, 6.45) is 5.65. The van der Waals surface area contributed by atoms with Gasteiger partial charge in [0, 0.05) is 19.1 Å². The molecule has 2 nitrogen and oxygen atoms in total.